The monoisotopic (exact) mass is 421 g/mol. The van der Waals surface area contributed by atoms with Crippen molar-refractivity contribution in [2.24, 2.45) is 4.99 Å². The molecule has 0 fully saturated rings. The van der Waals surface area contributed by atoms with E-state index in [1.165, 1.54) is 0 Å². The molecule has 0 aromatic heterocycles. The third-order valence-corrected chi connectivity index (χ3v) is 5.61. The van der Waals surface area contributed by atoms with Crippen LogP contribution in [-0.2, 0) is 0 Å². The van der Waals surface area contributed by atoms with Crippen molar-refractivity contribution in [3.05, 3.63) is 149 Å². The predicted octanol–water partition coefficient (Wildman–Crippen LogP) is 8.02. The molecule has 2 heteroatoms. The van der Waals surface area contributed by atoms with Crippen molar-refractivity contribution in [2.45, 2.75) is 12.5 Å². The summed E-state index contributed by atoms with van der Waals surface area (Å²) in [6, 6.07) is 38.7. The Morgan fingerprint density at radius 2 is 1.10 bits per heavy atom. The summed E-state index contributed by atoms with van der Waals surface area (Å²) in [5.41, 5.74) is 6.27. The van der Waals surface area contributed by atoms with Gasteiger partial charge in [0.05, 0.1) is 11.8 Å². The van der Waals surface area contributed by atoms with Crippen LogP contribution in [0, 0.1) is 0 Å². The molecule has 0 N–H and O–H groups in total. The summed E-state index contributed by atoms with van der Waals surface area (Å²) in [7, 11) is 0. The van der Waals surface area contributed by atoms with Gasteiger partial charge in [-0.05, 0) is 29.2 Å². The zero-order valence-electron chi connectivity index (χ0n) is 17.3. The van der Waals surface area contributed by atoms with Crippen molar-refractivity contribution >= 4 is 22.9 Å². The highest BCUT2D eigenvalue weighted by Crippen LogP contribution is 2.34. The Balaban J connectivity index is 1.82. The number of benzene rings is 4. The Morgan fingerprint density at radius 1 is 0.645 bits per heavy atom. The largest absolute Gasteiger partial charge is 0.276 e. The molecule has 4 aromatic carbocycles. The summed E-state index contributed by atoms with van der Waals surface area (Å²) in [6.07, 6.45) is 0.677. The van der Waals surface area contributed by atoms with E-state index in [-0.39, 0.29) is 6.04 Å². The number of halogens is 1. The highest BCUT2D eigenvalue weighted by atomic mass is 35.5. The van der Waals surface area contributed by atoms with Gasteiger partial charge in [0.2, 0.25) is 0 Å². The maximum atomic E-state index is 6.62. The van der Waals surface area contributed by atoms with E-state index in [2.05, 4.69) is 49.0 Å². The van der Waals surface area contributed by atoms with Gasteiger partial charge < -0.3 is 0 Å². The van der Waals surface area contributed by atoms with Gasteiger partial charge >= 0.3 is 0 Å². The molecule has 0 heterocycles. The van der Waals surface area contributed by atoms with E-state index in [9.17, 15) is 0 Å². The molecule has 31 heavy (non-hydrogen) atoms. The molecular formula is C29H24ClN. The normalized spacial score (nSPS) is 11.5. The highest BCUT2D eigenvalue weighted by molar-refractivity contribution is 6.31. The molecule has 4 aromatic rings. The lowest BCUT2D eigenvalue weighted by molar-refractivity contribution is 0.755. The number of nitrogens with zero attached hydrogens (tertiary/aromatic N) is 1. The minimum atomic E-state index is -0.156. The molecule has 0 radical (unpaired) electrons. The second-order valence-electron chi connectivity index (χ2n) is 7.42. The van der Waals surface area contributed by atoms with Gasteiger partial charge in [0, 0.05) is 16.1 Å². The van der Waals surface area contributed by atoms with Crippen LogP contribution in [-0.4, -0.2) is 5.71 Å². The molecule has 1 unspecified atom stereocenters. The van der Waals surface area contributed by atoms with E-state index in [4.69, 9.17) is 16.6 Å². The van der Waals surface area contributed by atoms with Crippen molar-refractivity contribution in [3.8, 4) is 0 Å². The molecule has 152 valence electrons. The van der Waals surface area contributed by atoms with Crippen LogP contribution >= 0.6 is 11.6 Å². The molecule has 4 rings (SSSR count). The van der Waals surface area contributed by atoms with Gasteiger partial charge in [-0.2, -0.15) is 0 Å². The average molecular weight is 422 g/mol. The second-order valence-corrected chi connectivity index (χ2v) is 7.83. The fourth-order valence-electron chi connectivity index (χ4n) is 3.66. The third kappa shape index (κ3) is 5.20. The van der Waals surface area contributed by atoms with E-state index >= 15 is 0 Å². The van der Waals surface area contributed by atoms with Crippen LogP contribution in [0.4, 0.5) is 0 Å². The maximum Gasteiger partial charge on any atom is 0.0811 e. The molecule has 0 bridgehead atoms. The number of hydrogen-bond donors (Lipinski definition) is 0. The Labute approximate surface area is 189 Å². The number of hydrogen-bond acceptors (Lipinski definition) is 1. The maximum absolute atomic E-state index is 6.62. The first-order valence-corrected chi connectivity index (χ1v) is 10.8. The van der Waals surface area contributed by atoms with Gasteiger partial charge in [0.15, 0.2) is 0 Å². The van der Waals surface area contributed by atoms with Gasteiger partial charge in [-0.3, -0.25) is 4.99 Å². The Bertz CT molecular complexity index is 1120. The van der Waals surface area contributed by atoms with Crippen LogP contribution in [0.15, 0.2) is 127 Å². The summed E-state index contributed by atoms with van der Waals surface area (Å²) < 4.78 is 0. The van der Waals surface area contributed by atoms with Crippen LogP contribution in [0.25, 0.3) is 5.57 Å². The van der Waals surface area contributed by atoms with Crippen molar-refractivity contribution in [3.63, 3.8) is 0 Å². The van der Waals surface area contributed by atoms with Crippen molar-refractivity contribution in [1.82, 2.24) is 0 Å². The molecule has 0 saturated carbocycles. The zero-order chi connectivity index (χ0) is 21.5. The van der Waals surface area contributed by atoms with Crippen molar-refractivity contribution < 1.29 is 0 Å². The van der Waals surface area contributed by atoms with E-state index in [0.29, 0.717) is 6.42 Å². The van der Waals surface area contributed by atoms with E-state index in [0.717, 1.165) is 38.6 Å². The Hall–Kier alpha value is -3.42. The minimum absolute atomic E-state index is 0.156. The van der Waals surface area contributed by atoms with Gasteiger partial charge in [0.25, 0.3) is 0 Å². The lowest BCUT2D eigenvalue weighted by Gasteiger charge is -2.19. The quantitative estimate of drug-likeness (QED) is 0.268. The number of aliphatic imine (C=N–C) groups is 1. The SMILES string of the molecule is C=C(CC(N=C(c1ccccc1)c1ccccc1)c1ccccc1Cl)c1ccccc1. The number of rotatable bonds is 7. The van der Waals surface area contributed by atoms with E-state index in [1.807, 2.05) is 72.8 Å². The fraction of sp³-hybridized carbons (Fsp3) is 0.0690. The summed E-state index contributed by atoms with van der Waals surface area (Å²) in [6.45, 7) is 4.36. The first kappa shape index (κ1) is 20.8. The smallest absolute Gasteiger partial charge is 0.0811 e. The third-order valence-electron chi connectivity index (χ3n) is 5.27. The van der Waals surface area contributed by atoms with E-state index < -0.39 is 0 Å². The summed E-state index contributed by atoms with van der Waals surface area (Å²) in [4.78, 5) is 5.28. The molecule has 0 aliphatic carbocycles. The van der Waals surface area contributed by atoms with Gasteiger partial charge in [-0.1, -0.05) is 127 Å². The van der Waals surface area contributed by atoms with Crippen molar-refractivity contribution in [2.75, 3.05) is 0 Å². The predicted molar refractivity (Wildman–Crippen MR) is 133 cm³/mol. The van der Waals surface area contributed by atoms with Gasteiger partial charge in [-0.25, -0.2) is 0 Å². The zero-order valence-corrected chi connectivity index (χ0v) is 18.0. The van der Waals surface area contributed by atoms with Crippen molar-refractivity contribution in [1.29, 1.82) is 0 Å². The van der Waals surface area contributed by atoms with Crippen LogP contribution in [0.5, 0.6) is 0 Å². The first-order chi connectivity index (χ1) is 15.2. The summed E-state index contributed by atoms with van der Waals surface area (Å²) in [5.74, 6) is 0. The summed E-state index contributed by atoms with van der Waals surface area (Å²) in [5, 5.41) is 0.720. The molecule has 0 saturated heterocycles. The molecule has 0 amide bonds. The topological polar surface area (TPSA) is 12.4 Å². The molecule has 0 aliphatic heterocycles. The van der Waals surface area contributed by atoms with E-state index in [1.54, 1.807) is 0 Å². The van der Waals surface area contributed by atoms with Gasteiger partial charge in [-0.15, -0.1) is 0 Å². The fourth-order valence-corrected chi connectivity index (χ4v) is 3.92. The molecular weight excluding hydrogens is 398 g/mol. The van der Waals surface area contributed by atoms with Crippen LogP contribution in [0.3, 0.4) is 0 Å². The average Bonchev–Trinajstić information content (AvgIpc) is 2.83. The Morgan fingerprint density at radius 3 is 1.61 bits per heavy atom. The molecule has 1 atom stereocenters. The second kappa shape index (κ2) is 10.1. The van der Waals surface area contributed by atoms with Crippen LogP contribution in [0.2, 0.25) is 5.02 Å². The Kier molecular flexibility index (Phi) is 6.76. The van der Waals surface area contributed by atoms with Crippen LogP contribution < -0.4 is 0 Å². The minimum Gasteiger partial charge on any atom is -0.276 e. The summed E-state index contributed by atoms with van der Waals surface area (Å²) >= 11 is 6.62. The van der Waals surface area contributed by atoms with Crippen LogP contribution in [0.1, 0.15) is 34.7 Å². The highest BCUT2D eigenvalue weighted by Gasteiger charge is 2.18. The first-order valence-electron chi connectivity index (χ1n) is 10.4. The standard InChI is InChI=1S/C29H24ClN/c1-22(23-13-5-2-6-14-23)21-28(26-19-11-12-20-27(26)30)31-29(24-15-7-3-8-16-24)25-17-9-4-10-18-25/h2-20,28H,1,21H2. The lowest BCUT2D eigenvalue weighted by atomic mass is 9.94. The molecule has 1 nitrogen and oxygen atoms in total. The van der Waals surface area contributed by atoms with Gasteiger partial charge in [0.1, 0.15) is 0 Å². The molecule has 0 spiro atoms. The lowest BCUT2D eigenvalue weighted by Crippen LogP contribution is -2.08. The molecule has 0 aliphatic rings.